The van der Waals surface area contributed by atoms with Crippen LogP contribution in [-0.2, 0) is 4.79 Å². The molecule has 0 bridgehead atoms. The predicted molar refractivity (Wildman–Crippen MR) is 63.2 cm³/mol. The second-order valence-electron chi connectivity index (χ2n) is 3.96. The van der Waals surface area contributed by atoms with Gasteiger partial charge in [-0.1, -0.05) is 6.07 Å². The topological polar surface area (TPSA) is 80.5 Å². The smallest absolute Gasteiger partial charge is 0.510 e. The van der Waals surface area contributed by atoms with E-state index in [-0.39, 0.29) is 28.6 Å². The maximum absolute atomic E-state index is 13.0. The van der Waals surface area contributed by atoms with Crippen LogP contribution in [0.2, 0.25) is 0 Å². The van der Waals surface area contributed by atoms with Crippen LogP contribution in [0.25, 0.3) is 0 Å². The fourth-order valence-electron chi connectivity index (χ4n) is 1.54. The van der Waals surface area contributed by atoms with E-state index in [1.54, 1.807) is 0 Å². The molecular weight excluding hydrogens is 274 g/mol. The number of ether oxygens (including phenoxy) is 2. The number of nitrogens with zero attached hydrogens (tertiary/aromatic N) is 2. The number of para-hydroxylation sites is 1. The number of fused-ring (bicyclic) bond motifs is 1. The molecule has 1 aromatic rings. The highest BCUT2D eigenvalue weighted by Gasteiger charge is 2.44. The highest BCUT2D eigenvalue weighted by atomic mass is 19.3. The van der Waals surface area contributed by atoms with Gasteiger partial charge in [0.25, 0.3) is 0 Å². The third kappa shape index (κ3) is 2.73. The molecule has 1 N–H and O–H groups in total. The Morgan fingerprint density at radius 2 is 2.00 bits per heavy atom. The zero-order chi connectivity index (χ0) is 14.9. The standard InChI is InChI=1S/C12H10F2N2O4/c1-6(17)10(7(2)18)16-15-8-4-3-5-9-11(8)20-12(13,14)19-9/h3-5,17H,1-2H3. The lowest BCUT2D eigenvalue weighted by molar-refractivity contribution is -0.286. The summed E-state index contributed by atoms with van der Waals surface area (Å²) in [6.07, 6.45) is -3.76. The van der Waals surface area contributed by atoms with E-state index in [1.807, 2.05) is 0 Å². The third-order valence-corrected chi connectivity index (χ3v) is 2.34. The normalized spacial score (nSPS) is 17.2. The summed E-state index contributed by atoms with van der Waals surface area (Å²) >= 11 is 0. The van der Waals surface area contributed by atoms with Crippen LogP contribution in [0.15, 0.2) is 39.9 Å². The summed E-state index contributed by atoms with van der Waals surface area (Å²) in [5.41, 5.74) is -0.312. The van der Waals surface area contributed by atoms with Crippen molar-refractivity contribution in [1.82, 2.24) is 0 Å². The molecule has 106 valence electrons. The van der Waals surface area contributed by atoms with Crippen molar-refractivity contribution in [1.29, 1.82) is 0 Å². The average molecular weight is 284 g/mol. The van der Waals surface area contributed by atoms with Crippen molar-refractivity contribution < 1.29 is 28.2 Å². The molecule has 0 spiro atoms. The third-order valence-electron chi connectivity index (χ3n) is 2.34. The average Bonchev–Trinajstić information content (AvgIpc) is 2.63. The number of hydrogen-bond donors (Lipinski definition) is 1. The molecule has 0 amide bonds. The van der Waals surface area contributed by atoms with Crippen LogP contribution in [0, 0.1) is 0 Å². The lowest BCUT2D eigenvalue weighted by Gasteiger charge is -2.04. The Morgan fingerprint density at radius 1 is 1.30 bits per heavy atom. The monoisotopic (exact) mass is 284 g/mol. The summed E-state index contributed by atoms with van der Waals surface area (Å²) in [7, 11) is 0. The van der Waals surface area contributed by atoms with Crippen molar-refractivity contribution >= 4 is 11.5 Å². The van der Waals surface area contributed by atoms with E-state index in [4.69, 9.17) is 0 Å². The summed E-state index contributed by atoms with van der Waals surface area (Å²) in [6, 6.07) is 4.06. The number of carbonyl (C=O) groups excluding carboxylic acids is 1. The summed E-state index contributed by atoms with van der Waals surface area (Å²) in [4.78, 5) is 11.2. The van der Waals surface area contributed by atoms with Crippen LogP contribution in [0.5, 0.6) is 11.5 Å². The first-order valence-corrected chi connectivity index (χ1v) is 5.51. The molecule has 1 aromatic carbocycles. The van der Waals surface area contributed by atoms with Crippen molar-refractivity contribution in [2.45, 2.75) is 20.1 Å². The highest BCUT2D eigenvalue weighted by molar-refractivity contribution is 5.93. The highest BCUT2D eigenvalue weighted by Crippen LogP contribution is 2.47. The maximum Gasteiger partial charge on any atom is 0.586 e. The van der Waals surface area contributed by atoms with Crippen LogP contribution in [0.1, 0.15) is 13.8 Å². The van der Waals surface area contributed by atoms with E-state index < -0.39 is 12.1 Å². The van der Waals surface area contributed by atoms with Crippen molar-refractivity contribution in [3.8, 4) is 11.5 Å². The number of benzene rings is 1. The second-order valence-corrected chi connectivity index (χ2v) is 3.96. The minimum Gasteiger partial charge on any atom is -0.510 e. The first-order chi connectivity index (χ1) is 9.30. The fourth-order valence-corrected chi connectivity index (χ4v) is 1.54. The van der Waals surface area contributed by atoms with Gasteiger partial charge in [-0.3, -0.25) is 4.79 Å². The van der Waals surface area contributed by atoms with Gasteiger partial charge in [-0.05, 0) is 19.1 Å². The Bertz CT molecular complexity index is 622. The Hall–Kier alpha value is -2.51. The van der Waals surface area contributed by atoms with Crippen LogP contribution in [0.4, 0.5) is 14.5 Å². The van der Waals surface area contributed by atoms with E-state index in [2.05, 4.69) is 19.7 Å². The minimum absolute atomic E-state index is 0.0420. The number of aliphatic hydroxyl groups excluding tert-OH is 1. The lowest BCUT2D eigenvalue weighted by Crippen LogP contribution is -2.25. The Balaban J connectivity index is 2.36. The van der Waals surface area contributed by atoms with Crippen LogP contribution < -0.4 is 9.47 Å². The number of azo groups is 1. The van der Waals surface area contributed by atoms with Gasteiger partial charge in [0.1, 0.15) is 11.4 Å². The van der Waals surface area contributed by atoms with Crippen molar-refractivity contribution in [3.63, 3.8) is 0 Å². The van der Waals surface area contributed by atoms with Crippen molar-refractivity contribution in [3.05, 3.63) is 29.7 Å². The first-order valence-electron chi connectivity index (χ1n) is 5.51. The number of allylic oxidation sites excluding steroid dienone is 2. The Morgan fingerprint density at radius 3 is 2.60 bits per heavy atom. The number of ketones is 1. The van der Waals surface area contributed by atoms with Gasteiger partial charge in [0.15, 0.2) is 23.0 Å². The van der Waals surface area contributed by atoms with Crippen molar-refractivity contribution in [2.24, 2.45) is 10.2 Å². The molecule has 0 aliphatic carbocycles. The quantitative estimate of drug-likeness (QED) is 0.523. The van der Waals surface area contributed by atoms with Crippen molar-refractivity contribution in [2.75, 3.05) is 0 Å². The van der Waals surface area contributed by atoms with Gasteiger partial charge in [0.05, 0.1) is 0 Å². The van der Waals surface area contributed by atoms with E-state index in [1.165, 1.54) is 32.0 Å². The molecule has 1 heterocycles. The molecule has 2 rings (SSSR count). The number of hydrogen-bond acceptors (Lipinski definition) is 6. The largest absolute Gasteiger partial charge is 0.586 e. The molecule has 0 fully saturated rings. The fraction of sp³-hybridized carbons (Fsp3) is 0.250. The van der Waals surface area contributed by atoms with Gasteiger partial charge in [0, 0.05) is 6.92 Å². The van der Waals surface area contributed by atoms with Crippen LogP contribution >= 0.6 is 0 Å². The number of rotatable bonds is 3. The molecule has 1 aliphatic heterocycles. The molecule has 0 saturated carbocycles. The summed E-state index contributed by atoms with van der Waals surface area (Å²) in [5, 5.41) is 16.4. The molecule has 6 nitrogen and oxygen atoms in total. The molecule has 0 radical (unpaired) electrons. The van der Waals surface area contributed by atoms with Gasteiger partial charge in [-0.15, -0.1) is 19.0 Å². The SMILES string of the molecule is CC(=O)C(N=Nc1cccc2c1OC(F)(F)O2)=C(C)O. The molecule has 0 atom stereocenters. The summed E-state index contributed by atoms with van der Waals surface area (Å²) in [6.45, 7) is 2.45. The van der Waals surface area contributed by atoms with E-state index in [0.29, 0.717) is 0 Å². The predicted octanol–water partition coefficient (Wildman–Crippen LogP) is 3.47. The minimum atomic E-state index is -3.76. The van der Waals surface area contributed by atoms with Crippen LogP contribution in [-0.4, -0.2) is 17.2 Å². The molecule has 8 heteroatoms. The van der Waals surface area contributed by atoms with Crippen LogP contribution in [0.3, 0.4) is 0 Å². The zero-order valence-corrected chi connectivity index (χ0v) is 10.6. The number of Topliss-reactive ketones (excluding diaryl/α,β-unsaturated/α-hetero) is 1. The molecule has 0 saturated heterocycles. The summed E-state index contributed by atoms with van der Waals surface area (Å²) < 4.78 is 34.5. The second kappa shape index (κ2) is 4.87. The summed E-state index contributed by atoms with van der Waals surface area (Å²) in [5.74, 6) is -1.29. The van der Waals surface area contributed by atoms with E-state index >= 15 is 0 Å². The van der Waals surface area contributed by atoms with Gasteiger partial charge in [0.2, 0.25) is 0 Å². The van der Waals surface area contributed by atoms with Gasteiger partial charge >= 0.3 is 6.29 Å². The first kappa shape index (κ1) is 13.9. The number of halogens is 2. The molecule has 1 aliphatic rings. The van der Waals surface area contributed by atoms with E-state index in [0.717, 1.165) is 0 Å². The van der Waals surface area contributed by atoms with E-state index in [9.17, 15) is 18.7 Å². The molecule has 0 unspecified atom stereocenters. The Labute approximate surface area is 112 Å². The van der Waals surface area contributed by atoms with Gasteiger partial charge < -0.3 is 14.6 Å². The maximum atomic E-state index is 13.0. The Kier molecular flexibility index (Phi) is 3.39. The van der Waals surface area contributed by atoms with Gasteiger partial charge in [-0.2, -0.15) is 0 Å². The molecule has 0 aromatic heterocycles. The molecule has 20 heavy (non-hydrogen) atoms. The molecular formula is C12H10F2N2O4. The zero-order valence-electron chi connectivity index (χ0n) is 10.6. The number of aliphatic hydroxyl groups is 1. The lowest BCUT2D eigenvalue weighted by atomic mass is 10.3. The number of carbonyl (C=O) groups is 1. The number of alkyl halides is 2. The van der Waals surface area contributed by atoms with Gasteiger partial charge in [-0.25, -0.2) is 0 Å².